The van der Waals surface area contributed by atoms with E-state index < -0.39 is 0 Å². The molecule has 108 valence electrons. The van der Waals surface area contributed by atoms with Crippen LogP contribution in [0.1, 0.15) is 11.3 Å². The summed E-state index contributed by atoms with van der Waals surface area (Å²) in [5, 5.41) is 8.07. The molecule has 0 saturated heterocycles. The first-order chi connectivity index (χ1) is 9.69. The van der Waals surface area contributed by atoms with Gasteiger partial charge in [-0.2, -0.15) is 5.10 Å². The van der Waals surface area contributed by atoms with Crippen molar-refractivity contribution in [1.29, 1.82) is 0 Å². The molecule has 0 aliphatic rings. The number of rotatable bonds is 7. The summed E-state index contributed by atoms with van der Waals surface area (Å²) in [4.78, 5) is 0. The lowest BCUT2D eigenvalue weighted by molar-refractivity contribution is 0.199. The topological polar surface area (TPSA) is 39.1 Å². The zero-order valence-corrected chi connectivity index (χ0v) is 12.0. The van der Waals surface area contributed by atoms with Gasteiger partial charge in [0.25, 0.3) is 0 Å². The van der Waals surface area contributed by atoms with Gasteiger partial charge in [0, 0.05) is 31.4 Å². The number of nitrogens with one attached hydrogen (secondary N) is 1. The summed E-state index contributed by atoms with van der Waals surface area (Å²) >= 11 is 6.00. The third-order valence-electron chi connectivity index (χ3n) is 2.83. The van der Waals surface area contributed by atoms with E-state index in [9.17, 15) is 4.39 Å². The number of aromatic nitrogens is 2. The second kappa shape index (κ2) is 7.38. The zero-order valence-electron chi connectivity index (χ0n) is 11.3. The van der Waals surface area contributed by atoms with Crippen molar-refractivity contribution in [3.63, 3.8) is 0 Å². The first-order valence-corrected chi connectivity index (χ1v) is 6.73. The molecule has 0 aliphatic heterocycles. The van der Waals surface area contributed by atoms with Crippen molar-refractivity contribution in [3.8, 4) is 0 Å². The Bertz CT molecular complexity index is 559. The smallest absolute Gasteiger partial charge is 0.124 e. The predicted octanol–water partition coefficient (Wildman–Crippen LogP) is 2.46. The Balaban J connectivity index is 1.92. The lowest BCUT2D eigenvalue weighted by Gasteiger charge is -2.05. The van der Waals surface area contributed by atoms with Crippen molar-refractivity contribution >= 4 is 11.6 Å². The van der Waals surface area contributed by atoms with Crippen LogP contribution in [0.2, 0.25) is 5.02 Å². The fourth-order valence-corrected chi connectivity index (χ4v) is 2.03. The first kappa shape index (κ1) is 15.0. The monoisotopic (exact) mass is 297 g/mol. The van der Waals surface area contributed by atoms with Crippen LogP contribution in [0.5, 0.6) is 0 Å². The number of hydrogen-bond donors (Lipinski definition) is 1. The molecular weight excluding hydrogens is 281 g/mol. The lowest BCUT2D eigenvalue weighted by atomic mass is 10.2. The summed E-state index contributed by atoms with van der Waals surface area (Å²) in [5.41, 5.74) is 1.79. The van der Waals surface area contributed by atoms with Crippen molar-refractivity contribution in [2.75, 3.05) is 20.3 Å². The van der Waals surface area contributed by atoms with E-state index in [0.717, 1.165) is 17.8 Å². The van der Waals surface area contributed by atoms with Crippen LogP contribution in [0.15, 0.2) is 30.5 Å². The Labute approximate surface area is 122 Å². The van der Waals surface area contributed by atoms with E-state index in [2.05, 4.69) is 10.4 Å². The van der Waals surface area contributed by atoms with Crippen LogP contribution in [0.3, 0.4) is 0 Å². The average molecular weight is 298 g/mol. The van der Waals surface area contributed by atoms with Crippen LogP contribution in [-0.2, 0) is 17.8 Å². The van der Waals surface area contributed by atoms with Crippen molar-refractivity contribution in [1.82, 2.24) is 15.1 Å². The van der Waals surface area contributed by atoms with Gasteiger partial charge in [0.2, 0.25) is 0 Å². The fourth-order valence-electron chi connectivity index (χ4n) is 1.80. The quantitative estimate of drug-likeness (QED) is 0.798. The molecule has 0 spiro atoms. The minimum Gasteiger partial charge on any atom is -0.383 e. The SMILES string of the molecule is COCCNCc1ccn(Cc2ccc(F)cc2Cl)n1. The van der Waals surface area contributed by atoms with Gasteiger partial charge >= 0.3 is 0 Å². The van der Waals surface area contributed by atoms with Crippen LogP contribution < -0.4 is 5.32 Å². The lowest BCUT2D eigenvalue weighted by Crippen LogP contribution is -2.19. The number of ether oxygens (including phenoxy) is 1. The second-order valence-corrected chi connectivity index (χ2v) is 4.82. The maximum Gasteiger partial charge on any atom is 0.124 e. The fraction of sp³-hybridized carbons (Fsp3) is 0.357. The Kier molecular flexibility index (Phi) is 5.52. The number of methoxy groups -OCH3 is 1. The molecule has 0 fully saturated rings. The third-order valence-corrected chi connectivity index (χ3v) is 3.18. The van der Waals surface area contributed by atoms with Gasteiger partial charge in [0.15, 0.2) is 0 Å². The van der Waals surface area contributed by atoms with Gasteiger partial charge in [-0.25, -0.2) is 4.39 Å². The molecule has 1 aromatic carbocycles. The van der Waals surface area contributed by atoms with Gasteiger partial charge in [-0.05, 0) is 23.8 Å². The van der Waals surface area contributed by atoms with E-state index in [1.807, 2.05) is 12.3 Å². The molecule has 1 N–H and O–H groups in total. The molecule has 0 aliphatic carbocycles. The first-order valence-electron chi connectivity index (χ1n) is 6.35. The van der Waals surface area contributed by atoms with Crippen LogP contribution >= 0.6 is 11.6 Å². The molecule has 1 aromatic heterocycles. The van der Waals surface area contributed by atoms with Gasteiger partial charge in [-0.15, -0.1) is 0 Å². The molecule has 2 aromatic rings. The molecule has 1 heterocycles. The van der Waals surface area contributed by atoms with E-state index in [1.54, 1.807) is 17.9 Å². The highest BCUT2D eigenvalue weighted by molar-refractivity contribution is 6.31. The molecule has 0 atom stereocenters. The normalized spacial score (nSPS) is 10.9. The molecule has 0 amide bonds. The number of hydrogen-bond acceptors (Lipinski definition) is 3. The Morgan fingerprint density at radius 3 is 3.00 bits per heavy atom. The molecule has 2 rings (SSSR count). The van der Waals surface area contributed by atoms with E-state index in [-0.39, 0.29) is 5.82 Å². The van der Waals surface area contributed by atoms with Crippen molar-refractivity contribution in [2.24, 2.45) is 0 Å². The van der Waals surface area contributed by atoms with Crippen molar-refractivity contribution < 1.29 is 9.13 Å². The van der Waals surface area contributed by atoms with Crippen molar-refractivity contribution in [2.45, 2.75) is 13.1 Å². The van der Waals surface area contributed by atoms with Gasteiger partial charge in [-0.1, -0.05) is 17.7 Å². The molecule has 0 unspecified atom stereocenters. The summed E-state index contributed by atoms with van der Waals surface area (Å²) in [5.74, 6) is -0.331. The summed E-state index contributed by atoms with van der Waals surface area (Å²) in [7, 11) is 1.67. The van der Waals surface area contributed by atoms with Crippen LogP contribution in [0.25, 0.3) is 0 Å². The minimum atomic E-state index is -0.331. The summed E-state index contributed by atoms with van der Waals surface area (Å²) in [6.45, 7) is 2.67. The highest BCUT2D eigenvalue weighted by atomic mass is 35.5. The molecule has 0 bridgehead atoms. The minimum absolute atomic E-state index is 0.331. The van der Waals surface area contributed by atoms with E-state index in [0.29, 0.717) is 24.7 Å². The maximum atomic E-state index is 13.0. The number of nitrogens with zero attached hydrogens (tertiary/aromatic N) is 2. The predicted molar refractivity (Wildman–Crippen MR) is 76.3 cm³/mol. The zero-order chi connectivity index (χ0) is 14.4. The van der Waals surface area contributed by atoms with E-state index in [4.69, 9.17) is 16.3 Å². The van der Waals surface area contributed by atoms with Crippen LogP contribution in [0, 0.1) is 5.82 Å². The summed E-state index contributed by atoms with van der Waals surface area (Å²) in [6, 6.07) is 6.33. The van der Waals surface area contributed by atoms with Gasteiger partial charge in [0.1, 0.15) is 5.82 Å². The van der Waals surface area contributed by atoms with Crippen molar-refractivity contribution in [3.05, 3.63) is 52.6 Å². The highest BCUT2D eigenvalue weighted by Crippen LogP contribution is 2.18. The molecule has 4 nitrogen and oxygen atoms in total. The molecular formula is C14H17ClFN3O. The van der Waals surface area contributed by atoms with Crippen LogP contribution in [-0.4, -0.2) is 30.0 Å². The molecule has 6 heteroatoms. The number of halogens is 2. The number of benzene rings is 1. The standard InChI is InChI=1S/C14H17ClFN3O/c1-20-7-5-17-9-13-4-6-19(18-13)10-11-2-3-12(16)8-14(11)15/h2-4,6,8,17H,5,7,9-10H2,1H3. The Hall–Kier alpha value is -1.43. The summed E-state index contributed by atoms with van der Waals surface area (Å²) in [6.07, 6.45) is 1.88. The summed E-state index contributed by atoms with van der Waals surface area (Å²) < 4.78 is 19.7. The maximum absolute atomic E-state index is 13.0. The highest BCUT2D eigenvalue weighted by Gasteiger charge is 2.04. The Morgan fingerprint density at radius 1 is 1.40 bits per heavy atom. The van der Waals surface area contributed by atoms with Gasteiger partial charge < -0.3 is 10.1 Å². The van der Waals surface area contributed by atoms with E-state index >= 15 is 0 Å². The molecule has 20 heavy (non-hydrogen) atoms. The van der Waals surface area contributed by atoms with Gasteiger partial charge in [0.05, 0.1) is 18.8 Å². The van der Waals surface area contributed by atoms with Gasteiger partial charge in [-0.3, -0.25) is 4.68 Å². The molecule has 0 radical (unpaired) electrons. The second-order valence-electron chi connectivity index (χ2n) is 4.41. The Morgan fingerprint density at radius 2 is 2.25 bits per heavy atom. The average Bonchev–Trinajstić information content (AvgIpc) is 2.86. The van der Waals surface area contributed by atoms with E-state index in [1.165, 1.54) is 12.1 Å². The van der Waals surface area contributed by atoms with Crippen LogP contribution in [0.4, 0.5) is 4.39 Å². The largest absolute Gasteiger partial charge is 0.383 e. The third kappa shape index (κ3) is 4.30. The molecule has 0 saturated carbocycles.